The Balaban J connectivity index is 1.92. The fourth-order valence-electron chi connectivity index (χ4n) is 1.95. The largest absolute Gasteiger partial charge is 0.363 e. The molecular weight excluding hydrogens is 262 g/mol. The van der Waals surface area contributed by atoms with Gasteiger partial charge < -0.3 is 10.3 Å². The first-order chi connectivity index (χ1) is 9.24. The smallest absolute Gasteiger partial charge is 0.203 e. The predicted octanol–water partition coefficient (Wildman–Crippen LogP) is 3.13. The van der Waals surface area contributed by atoms with Crippen LogP contribution >= 0.6 is 11.6 Å². The Labute approximate surface area is 115 Å². The Morgan fingerprint density at radius 1 is 1.21 bits per heavy atom. The summed E-state index contributed by atoms with van der Waals surface area (Å²) in [5.74, 6) is 1.26. The standard InChI is InChI=1S/C13H12ClN5/c1-8(9-5-3-2-4-6-9)17-12-10-11(16-7-15-10)18-13(14)19-12/h2-8H,1H3,(H2,15,16,17,18,19)/t8-/m1/s1. The number of hydrogen-bond acceptors (Lipinski definition) is 4. The third-order valence-electron chi connectivity index (χ3n) is 2.91. The first-order valence-corrected chi connectivity index (χ1v) is 6.29. The van der Waals surface area contributed by atoms with Crippen LogP contribution in [0.5, 0.6) is 0 Å². The lowest BCUT2D eigenvalue weighted by Crippen LogP contribution is -2.10. The highest BCUT2D eigenvalue weighted by molar-refractivity contribution is 6.28. The topological polar surface area (TPSA) is 66.5 Å². The second-order valence-electron chi connectivity index (χ2n) is 4.23. The SMILES string of the molecule is C[C@@H](Nc1[nH]c(Cl)nc2ncnc1-2)c1ccccc1. The van der Waals surface area contributed by atoms with E-state index in [0.29, 0.717) is 11.5 Å². The van der Waals surface area contributed by atoms with Crippen molar-refractivity contribution in [1.29, 1.82) is 0 Å². The van der Waals surface area contributed by atoms with E-state index < -0.39 is 0 Å². The predicted molar refractivity (Wildman–Crippen MR) is 74.3 cm³/mol. The van der Waals surface area contributed by atoms with E-state index in [9.17, 15) is 0 Å². The van der Waals surface area contributed by atoms with Gasteiger partial charge in [-0.1, -0.05) is 30.3 Å². The number of imidazole rings is 1. The molecule has 0 aliphatic carbocycles. The number of nitrogens with zero attached hydrogens (tertiary/aromatic N) is 3. The van der Waals surface area contributed by atoms with Crippen LogP contribution in [0.4, 0.5) is 5.82 Å². The summed E-state index contributed by atoms with van der Waals surface area (Å²) in [7, 11) is 0. The van der Waals surface area contributed by atoms with Crippen LogP contribution in [0.3, 0.4) is 0 Å². The van der Waals surface area contributed by atoms with Gasteiger partial charge in [0.2, 0.25) is 5.28 Å². The average Bonchev–Trinajstić information content (AvgIpc) is 2.88. The fourth-order valence-corrected chi connectivity index (χ4v) is 2.12. The van der Waals surface area contributed by atoms with Gasteiger partial charge in [0.1, 0.15) is 17.8 Å². The minimum absolute atomic E-state index is 0.121. The van der Waals surface area contributed by atoms with Crippen LogP contribution < -0.4 is 5.32 Å². The molecular formula is C13H12ClN5. The quantitative estimate of drug-likeness (QED) is 0.720. The molecule has 3 rings (SSSR count). The Morgan fingerprint density at radius 2 is 2.00 bits per heavy atom. The molecule has 2 aliphatic heterocycles. The van der Waals surface area contributed by atoms with Crippen molar-refractivity contribution >= 4 is 17.4 Å². The number of anilines is 1. The van der Waals surface area contributed by atoms with Crippen LogP contribution in [-0.4, -0.2) is 19.9 Å². The minimum Gasteiger partial charge on any atom is -0.363 e. The van der Waals surface area contributed by atoms with Gasteiger partial charge in [0.05, 0.1) is 0 Å². The monoisotopic (exact) mass is 273 g/mol. The summed E-state index contributed by atoms with van der Waals surface area (Å²) in [5.41, 5.74) is 1.86. The zero-order valence-electron chi connectivity index (χ0n) is 10.3. The maximum Gasteiger partial charge on any atom is 0.203 e. The Bertz CT molecular complexity index is 651. The Morgan fingerprint density at radius 3 is 2.79 bits per heavy atom. The number of fused-ring (bicyclic) bond motifs is 1. The molecule has 0 unspecified atom stereocenters. The third-order valence-corrected chi connectivity index (χ3v) is 3.09. The molecule has 2 aliphatic rings. The molecule has 0 spiro atoms. The van der Waals surface area contributed by atoms with Crippen molar-refractivity contribution in [2.24, 2.45) is 0 Å². The maximum atomic E-state index is 5.94. The van der Waals surface area contributed by atoms with Crippen LogP contribution in [0, 0.1) is 0 Å². The summed E-state index contributed by atoms with van der Waals surface area (Å²) >= 11 is 5.94. The molecule has 2 heterocycles. The van der Waals surface area contributed by atoms with Gasteiger partial charge in [-0.05, 0) is 24.1 Å². The number of nitrogens with one attached hydrogen (secondary N) is 2. The number of benzene rings is 1. The molecule has 0 radical (unpaired) electrons. The van der Waals surface area contributed by atoms with Crippen molar-refractivity contribution in [2.45, 2.75) is 13.0 Å². The number of halogens is 1. The number of H-pyrrole nitrogens is 1. The minimum atomic E-state index is 0.121. The van der Waals surface area contributed by atoms with E-state index in [2.05, 4.69) is 44.3 Å². The highest BCUT2D eigenvalue weighted by Gasteiger charge is 2.16. The summed E-state index contributed by atoms with van der Waals surface area (Å²) in [6.07, 6.45) is 1.47. The molecule has 0 aromatic heterocycles. The first kappa shape index (κ1) is 11.9. The van der Waals surface area contributed by atoms with E-state index in [0.717, 1.165) is 5.82 Å². The van der Waals surface area contributed by atoms with Crippen LogP contribution in [0.15, 0.2) is 36.7 Å². The molecule has 0 bridgehead atoms. The zero-order chi connectivity index (χ0) is 13.2. The molecule has 96 valence electrons. The van der Waals surface area contributed by atoms with Crippen molar-refractivity contribution in [2.75, 3.05) is 5.32 Å². The molecule has 2 N–H and O–H groups in total. The van der Waals surface area contributed by atoms with Gasteiger partial charge in [0.15, 0.2) is 5.82 Å². The van der Waals surface area contributed by atoms with Gasteiger partial charge in [0.25, 0.3) is 0 Å². The third kappa shape index (κ3) is 2.37. The summed E-state index contributed by atoms with van der Waals surface area (Å²) in [6.45, 7) is 2.07. The van der Waals surface area contributed by atoms with Crippen molar-refractivity contribution in [3.05, 3.63) is 47.5 Å². The highest BCUT2D eigenvalue weighted by atomic mass is 35.5. The molecule has 0 amide bonds. The number of rotatable bonds is 3. The van der Waals surface area contributed by atoms with Crippen LogP contribution in [-0.2, 0) is 0 Å². The van der Waals surface area contributed by atoms with Crippen molar-refractivity contribution < 1.29 is 0 Å². The van der Waals surface area contributed by atoms with Gasteiger partial charge in [0, 0.05) is 6.04 Å². The lowest BCUT2D eigenvalue weighted by Gasteiger charge is -2.17. The van der Waals surface area contributed by atoms with Crippen molar-refractivity contribution in [3.8, 4) is 11.5 Å². The van der Waals surface area contributed by atoms with Gasteiger partial charge in [-0.2, -0.15) is 4.98 Å². The van der Waals surface area contributed by atoms with Crippen molar-refractivity contribution in [1.82, 2.24) is 19.9 Å². The Hall–Kier alpha value is -2.14. The molecule has 6 heteroatoms. The molecule has 5 nitrogen and oxygen atoms in total. The van der Waals surface area contributed by atoms with Gasteiger partial charge in [-0.3, -0.25) is 0 Å². The lowest BCUT2D eigenvalue weighted by molar-refractivity contribution is 0.871. The number of aromatic nitrogens is 4. The Kier molecular flexibility index (Phi) is 3.05. The molecule has 0 saturated heterocycles. The van der Waals surface area contributed by atoms with Crippen LogP contribution in [0.1, 0.15) is 18.5 Å². The second-order valence-corrected chi connectivity index (χ2v) is 4.58. The average molecular weight is 274 g/mol. The second kappa shape index (κ2) is 4.85. The highest BCUT2D eigenvalue weighted by Crippen LogP contribution is 2.27. The van der Waals surface area contributed by atoms with Crippen molar-refractivity contribution in [3.63, 3.8) is 0 Å². The van der Waals surface area contributed by atoms with E-state index in [1.54, 1.807) is 0 Å². The van der Waals surface area contributed by atoms with E-state index >= 15 is 0 Å². The van der Waals surface area contributed by atoms with Gasteiger partial charge in [-0.25, -0.2) is 9.97 Å². The summed E-state index contributed by atoms with van der Waals surface area (Å²) in [5, 5.41) is 3.63. The lowest BCUT2D eigenvalue weighted by atomic mass is 10.1. The van der Waals surface area contributed by atoms with Gasteiger partial charge in [-0.15, -0.1) is 0 Å². The first-order valence-electron chi connectivity index (χ1n) is 5.92. The number of aromatic amines is 1. The fraction of sp³-hybridized carbons (Fsp3) is 0.154. The molecule has 19 heavy (non-hydrogen) atoms. The molecule has 0 saturated carbocycles. The summed E-state index contributed by atoms with van der Waals surface area (Å²) in [4.78, 5) is 15.3. The number of hydrogen-bond donors (Lipinski definition) is 2. The summed E-state index contributed by atoms with van der Waals surface area (Å²) < 4.78 is 0. The van der Waals surface area contributed by atoms with Crippen LogP contribution in [0.25, 0.3) is 11.5 Å². The molecule has 1 aromatic carbocycles. The molecule has 1 aromatic rings. The van der Waals surface area contributed by atoms with Crippen LogP contribution in [0.2, 0.25) is 5.28 Å². The van der Waals surface area contributed by atoms with E-state index in [1.165, 1.54) is 11.9 Å². The molecule has 1 atom stereocenters. The normalized spacial score (nSPS) is 12.5. The molecule has 0 fully saturated rings. The van der Waals surface area contributed by atoms with E-state index in [4.69, 9.17) is 11.6 Å². The van der Waals surface area contributed by atoms with E-state index in [1.807, 2.05) is 18.2 Å². The summed E-state index contributed by atoms with van der Waals surface area (Å²) in [6, 6.07) is 10.3. The van der Waals surface area contributed by atoms with Gasteiger partial charge >= 0.3 is 0 Å². The van der Waals surface area contributed by atoms with E-state index in [-0.39, 0.29) is 11.3 Å². The maximum absolute atomic E-state index is 5.94. The zero-order valence-corrected chi connectivity index (χ0v) is 11.0.